The van der Waals surface area contributed by atoms with Crippen molar-refractivity contribution in [2.45, 2.75) is 51.4 Å². The van der Waals surface area contributed by atoms with Crippen molar-refractivity contribution < 1.29 is 23.9 Å². The number of fused-ring (bicyclic) bond motifs is 3. The first-order chi connectivity index (χ1) is 17.0. The van der Waals surface area contributed by atoms with Gasteiger partial charge in [0.1, 0.15) is 12.1 Å². The average molecular weight is 469 g/mol. The lowest BCUT2D eigenvalue weighted by Crippen LogP contribution is -2.12. The van der Waals surface area contributed by atoms with Crippen molar-refractivity contribution in [2.75, 3.05) is 0 Å². The van der Waals surface area contributed by atoms with Gasteiger partial charge in [-0.15, -0.1) is 0 Å². The summed E-state index contributed by atoms with van der Waals surface area (Å²) in [5.41, 5.74) is 6.64. The van der Waals surface area contributed by atoms with Gasteiger partial charge < -0.3 is 14.3 Å². The van der Waals surface area contributed by atoms with Crippen LogP contribution in [0.5, 0.6) is 0 Å². The number of hydrogen-bond donors (Lipinski definition) is 0. The van der Waals surface area contributed by atoms with Crippen molar-refractivity contribution in [3.8, 4) is 11.1 Å². The fraction of sp³-hybridized carbons (Fsp3) is 0.267. The third kappa shape index (κ3) is 5.80. The second-order valence-corrected chi connectivity index (χ2v) is 8.99. The van der Waals surface area contributed by atoms with E-state index in [9.17, 15) is 19.2 Å². The first kappa shape index (κ1) is 24.3. The van der Waals surface area contributed by atoms with E-state index in [-0.39, 0.29) is 18.1 Å². The highest BCUT2D eigenvalue weighted by atomic mass is 16.6. The lowest BCUT2D eigenvalue weighted by Gasteiger charge is -2.09. The van der Waals surface area contributed by atoms with Crippen LogP contribution in [0.25, 0.3) is 11.1 Å². The SMILES string of the molecule is CC(=O)CCCc1ccc2c(c1)C(C=O)c1cc(CCCC(=O)OC(=O)c3ccccc3)ccc1-2. The Hall–Kier alpha value is -3.86. The number of rotatable bonds is 10. The molecule has 0 aromatic heterocycles. The van der Waals surface area contributed by atoms with Crippen LogP contribution in [0.15, 0.2) is 66.7 Å². The van der Waals surface area contributed by atoms with Gasteiger partial charge in [0.2, 0.25) is 0 Å². The maximum atomic E-state index is 12.1. The summed E-state index contributed by atoms with van der Waals surface area (Å²) >= 11 is 0. The van der Waals surface area contributed by atoms with Crippen LogP contribution in [0.2, 0.25) is 0 Å². The molecule has 0 amide bonds. The Kier molecular flexibility index (Phi) is 7.66. The zero-order valence-electron chi connectivity index (χ0n) is 19.8. The van der Waals surface area contributed by atoms with Crippen LogP contribution >= 0.6 is 0 Å². The predicted octanol–water partition coefficient (Wildman–Crippen LogP) is 5.62. The molecule has 0 radical (unpaired) electrons. The highest BCUT2D eigenvalue weighted by Crippen LogP contribution is 2.44. The minimum absolute atomic E-state index is 0.136. The molecule has 1 aliphatic rings. The number of ketones is 1. The van der Waals surface area contributed by atoms with Crippen molar-refractivity contribution in [2.24, 2.45) is 0 Å². The van der Waals surface area contributed by atoms with Crippen LogP contribution in [0.4, 0.5) is 0 Å². The summed E-state index contributed by atoms with van der Waals surface area (Å²) in [5.74, 6) is -1.31. The van der Waals surface area contributed by atoms with Gasteiger partial charge in [-0.25, -0.2) is 4.79 Å². The molecular formula is C30H28O5. The van der Waals surface area contributed by atoms with Crippen molar-refractivity contribution in [1.82, 2.24) is 0 Å². The predicted molar refractivity (Wildman–Crippen MR) is 133 cm³/mol. The number of esters is 2. The summed E-state index contributed by atoms with van der Waals surface area (Å²) in [4.78, 5) is 47.4. The van der Waals surface area contributed by atoms with Crippen molar-refractivity contribution >= 4 is 24.0 Å². The van der Waals surface area contributed by atoms with Crippen LogP contribution in [0.3, 0.4) is 0 Å². The van der Waals surface area contributed by atoms with Gasteiger partial charge >= 0.3 is 11.9 Å². The Labute approximate surface area is 205 Å². The fourth-order valence-corrected chi connectivity index (χ4v) is 4.62. The summed E-state index contributed by atoms with van der Waals surface area (Å²) in [6.45, 7) is 1.60. The van der Waals surface area contributed by atoms with E-state index in [0.717, 1.165) is 52.5 Å². The van der Waals surface area contributed by atoms with E-state index in [1.165, 1.54) is 0 Å². The maximum Gasteiger partial charge on any atom is 0.345 e. The number of hydrogen-bond acceptors (Lipinski definition) is 5. The smallest absolute Gasteiger partial charge is 0.345 e. The summed E-state index contributed by atoms with van der Waals surface area (Å²) in [6.07, 6.45) is 4.47. The molecular weight excluding hydrogens is 440 g/mol. The Morgan fingerprint density at radius 2 is 1.37 bits per heavy atom. The molecule has 0 N–H and O–H groups in total. The monoisotopic (exact) mass is 468 g/mol. The second-order valence-electron chi connectivity index (χ2n) is 8.99. The number of benzene rings is 3. The molecule has 1 atom stereocenters. The highest BCUT2D eigenvalue weighted by Gasteiger charge is 2.28. The minimum Gasteiger partial charge on any atom is -0.389 e. The molecule has 1 aliphatic carbocycles. The molecule has 35 heavy (non-hydrogen) atoms. The number of aryl methyl sites for hydroxylation is 2. The zero-order chi connectivity index (χ0) is 24.8. The molecule has 0 heterocycles. The first-order valence-corrected chi connectivity index (χ1v) is 12.0. The summed E-state index contributed by atoms with van der Waals surface area (Å²) < 4.78 is 4.93. The molecule has 5 heteroatoms. The van der Waals surface area contributed by atoms with E-state index in [1.807, 2.05) is 18.2 Å². The van der Waals surface area contributed by atoms with Gasteiger partial charge in [0.15, 0.2) is 0 Å². The summed E-state index contributed by atoms with van der Waals surface area (Å²) in [6, 6.07) is 20.8. The van der Waals surface area contributed by atoms with Gasteiger partial charge in [0, 0.05) is 12.8 Å². The van der Waals surface area contributed by atoms with Crippen LogP contribution < -0.4 is 0 Å². The number of carbonyl (C=O) groups is 4. The molecule has 0 saturated carbocycles. The van der Waals surface area contributed by atoms with Crippen molar-refractivity contribution in [3.63, 3.8) is 0 Å². The molecule has 4 rings (SSSR count). The van der Waals surface area contributed by atoms with Crippen LogP contribution in [-0.2, 0) is 32.0 Å². The lowest BCUT2D eigenvalue weighted by molar-refractivity contribution is -0.138. The lowest BCUT2D eigenvalue weighted by atomic mass is 9.94. The van der Waals surface area contributed by atoms with E-state index >= 15 is 0 Å². The Morgan fingerprint density at radius 1 is 0.800 bits per heavy atom. The van der Waals surface area contributed by atoms with Gasteiger partial charge in [-0.3, -0.25) is 4.79 Å². The number of carbonyl (C=O) groups excluding carboxylic acids is 4. The first-order valence-electron chi connectivity index (χ1n) is 12.0. The molecule has 3 aromatic carbocycles. The largest absolute Gasteiger partial charge is 0.389 e. The Balaban J connectivity index is 1.37. The topological polar surface area (TPSA) is 77.5 Å². The van der Waals surface area contributed by atoms with E-state index in [0.29, 0.717) is 24.8 Å². The Bertz CT molecular complexity index is 1260. The third-order valence-corrected chi connectivity index (χ3v) is 6.38. The van der Waals surface area contributed by atoms with E-state index < -0.39 is 11.9 Å². The van der Waals surface area contributed by atoms with Gasteiger partial charge in [-0.05, 0) is 78.1 Å². The molecule has 5 nitrogen and oxygen atoms in total. The molecule has 0 aliphatic heterocycles. The summed E-state index contributed by atoms with van der Waals surface area (Å²) in [7, 11) is 0. The minimum atomic E-state index is -0.639. The molecule has 0 spiro atoms. The Morgan fingerprint density at radius 3 is 1.91 bits per heavy atom. The average Bonchev–Trinajstić information content (AvgIpc) is 3.16. The number of Topliss-reactive ketones (excluding diaryl/α,β-unsaturated/α-hetero) is 1. The number of ether oxygens (including phenoxy) is 1. The maximum absolute atomic E-state index is 12.1. The van der Waals surface area contributed by atoms with Gasteiger partial charge in [0.25, 0.3) is 0 Å². The van der Waals surface area contributed by atoms with Crippen LogP contribution in [0, 0.1) is 0 Å². The second kappa shape index (κ2) is 11.0. The molecule has 0 saturated heterocycles. The zero-order valence-corrected chi connectivity index (χ0v) is 19.8. The van der Waals surface area contributed by atoms with Crippen molar-refractivity contribution in [1.29, 1.82) is 0 Å². The van der Waals surface area contributed by atoms with E-state index in [2.05, 4.69) is 18.2 Å². The molecule has 0 fully saturated rings. The van der Waals surface area contributed by atoms with Gasteiger partial charge in [-0.1, -0.05) is 54.6 Å². The van der Waals surface area contributed by atoms with E-state index in [1.54, 1.807) is 37.3 Å². The van der Waals surface area contributed by atoms with Gasteiger partial charge in [0.05, 0.1) is 11.5 Å². The van der Waals surface area contributed by atoms with Crippen LogP contribution in [0.1, 0.15) is 71.1 Å². The molecule has 178 valence electrons. The van der Waals surface area contributed by atoms with Crippen LogP contribution in [-0.4, -0.2) is 24.0 Å². The molecule has 3 aromatic rings. The summed E-state index contributed by atoms with van der Waals surface area (Å²) in [5, 5.41) is 0. The quantitative estimate of drug-likeness (QED) is 0.219. The van der Waals surface area contributed by atoms with E-state index in [4.69, 9.17) is 4.74 Å². The number of aldehydes is 1. The highest BCUT2D eigenvalue weighted by molar-refractivity contribution is 5.96. The normalized spacial score (nSPS) is 13.6. The van der Waals surface area contributed by atoms with Gasteiger partial charge in [-0.2, -0.15) is 0 Å². The standard InChI is InChI=1S/C30H28O5/c1-20(32)7-5-8-21-13-15-24-25-16-14-22(18-27(25)28(19-31)26(24)17-21)9-6-12-29(33)35-30(34)23-10-3-2-4-11-23/h2-4,10-11,13-19,28H,5-9,12H2,1H3. The third-order valence-electron chi connectivity index (χ3n) is 6.38. The molecule has 1 unspecified atom stereocenters. The fourth-order valence-electron chi connectivity index (χ4n) is 4.62. The molecule has 0 bridgehead atoms. The van der Waals surface area contributed by atoms with Crippen molar-refractivity contribution in [3.05, 3.63) is 94.5 Å².